The summed E-state index contributed by atoms with van der Waals surface area (Å²) in [6.07, 6.45) is 0. The summed E-state index contributed by atoms with van der Waals surface area (Å²) in [7, 11) is 0. The van der Waals surface area contributed by atoms with E-state index in [1.807, 2.05) is 24.3 Å². The van der Waals surface area contributed by atoms with E-state index in [1.54, 1.807) is 0 Å². The summed E-state index contributed by atoms with van der Waals surface area (Å²) in [6.45, 7) is 11.3. The van der Waals surface area contributed by atoms with E-state index in [1.165, 1.54) is 0 Å². The first-order valence-corrected chi connectivity index (χ1v) is 7.92. The summed E-state index contributed by atoms with van der Waals surface area (Å²) < 4.78 is 0.959. The standard InChI is InChI=1S/C16H23BrN2O/c1-16(2,3)19-9-7-18(8-10-19)12-15(20)13-5-4-6-14(17)11-13/h4-6,11H,7-10,12H2,1-3H3. The lowest BCUT2D eigenvalue weighted by Gasteiger charge is -2.42. The quantitative estimate of drug-likeness (QED) is 0.791. The molecule has 1 aromatic rings. The number of piperazine rings is 1. The molecule has 0 atom stereocenters. The van der Waals surface area contributed by atoms with E-state index < -0.39 is 0 Å². The van der Waals surface area contributed by atoms with Gasteiger partial charge in [-0.2, -0.15) is 0 Å². The van der Waals surface area contributed by atoms with Crippen molar-refractivity contribution in [2.24, 2.45) is 0 Å². The fourth-order valence-corrected chi connectivity index (χ4v) is 2.93. The molecule has 0 unspecified atom stereocenters. The van der Waals surface area contributed by atoms with Gasteiger partial charge in [0.15, 0.2) is 5.78 Å². The number of carbonyl (C=O) groups is 1. The maximum Gasteiger partial charge on any atom is 0.176 e. The lowest BCUT2D eigenvalue weighted by Crippen LogP contribution is -2.54. The van der Waals surface area contributed by atoms with Crippen molar-refractivity contribution in [1.82, 2.24) is 9.80 Å². The molecular formula is C16H23BrN2O. The van der Waals surface area contributed by atoms with Gasteiger partial charge in [-0.15, -0.1) is 0 Å². The Morgan fingerprint density at radius 3 is 2.40 bits per heavy atom. The van der Waals surface area contributed by atoms with Crippen LogP contribution in [0.15, 0.2) is 28.7 Å². The number of hydrogen-bond donors (Lipinski definition) is 0. The van der Waals surface area contributed by atoms with Crippen molar-refractivity contribution >= 4 is 21.7 Å². The van der Waals surface area contributed by atoms with Gasteiger partial charge in [-0.3, -0.25) is 14.6 Å². The van der Waals surface area contributed by atoms with Crippen LogP contribution in [0.4, 0.5) is 0 Å². The minimum Gasteiger partial charge on any atom is -0.296 e. The third-order valence-electron chi connectivity index (χ3n) is 3.83. The van der Waals surface area contributed by atoms with E-state index in [4.69, 9.17) is 0 Å². The molecule has 1 heterocycles. The third kappa shape index (κ3) is 4.14. The Hall–Kier alpha value is -0.710. The first-order valence-electron chi connectivity index (χ1n) is 7.12. The first-order chi connectivity index (χ1) is 9.36. The lowest BCUT2D eigenvalue weighted by atomic mass is 10.0. The largest absolute Gasteiger partial charge is 0.296 e. The van der Waals surface area contributed by atoms with Crippen LogP contribution in [0.5, 0.6) is 0 Å². The van der Waals surface area contributed by atoms with E-state index in [0.29, 0.717) is 6.54 Å². The number of halogens is 1. The molecule has 0 amide bonds. The molecule has 3 nitrogen and oxygen atoms in total. The van der Waals surface area contributed by atoms with Crippen LogP contribution in [0.1, 0.15) is 31.1 Å². The molecule has 0 saturated carbocycles. The van der Waals surface area contributed by atoms with Gasteiger partial charge in [0.25, 0.3) is 0 Å². The molecule has 2 rings (SSSR count). The van der Waals surface area contributed by atoms with Crippen LogP contribution in [-0.4, -0.2) is 53.8 Å². The molecule has 20 heavy (non-hydrogen) atoms. The number of hydrogen-bond acceptors (Lipinski definition) is 3. The van der Waals surface area contributed by atoms with E-state index in [0.717, 1.165) is 36.2 Å². The van der Waals surface area contributed by atoms with Gasteiger partial charge in [0, 0.05) is 41.8 Å². The number of ketones is 1. The lowest BCUT2D eigenvalue weighted by molar-refractivity contribution is 0.0579. The van der Waals surface area contributed by atoms with E-state index in [-0.39, 0.29) is 11.3 Å². The summed E-state index contributed by atoms with van der Waals surface area (Å²) in [4.78, 5) is 17.0. The highest BCUT2D eigenvalue weighted by molar-refractivity contribution is 9.10. The molecule has 0 N–H and O–H groups in total. The Morgan fingerprint density at radius 1 is 1.20 bits per heavy atom. The summed E-state index contributed by atoms with van der Waals surface area (Å²) in [5.74, 6) is 0.204. The van der Waals surface area contributed by atoms with Crippen LogP contribution < -0.4 is 0 Å². The van der Waals surface area contributed by atoms with Crippen LogP contribution in [0.3, 0.4) is 0 Å². The summed E-state index contributed by atoms with van der Waals surface area (Å²) >= 11 is 3.41. The number of benzene rings is 1. The molecule has 1 aromatic carbocycles. The normalized spacial score (nSPS) is 18.2. The molecule has 4 heteroatoms. The fraction of sp³-hybridized carbons (Fsp3) is 0.562. The van der Waals surface area contributed by atoms with Crippen LogP contribution in [0.25, 0.3) is 0 Å². The van der Waals surface area contributed by atoms with Crippen LogP contribution in [0.2, 0.25) is 0 Å². The number of nitrogens with zero attached hydrogens (tertiary/aromatic N) is 2. The van der Waals surface area contributed by atoms with Crippen LogP contribution in [0, 0.1) is 0 Å². The predicted octanol–water partition coefficient (Wildman–Crippen LogP) is 3.05. The van der Waals surface area contributed by atoms with E-state index in [2.05, 4.69) is 46.5 Å². The van der Waals surface area contributed by atoms with Gasteiger partial charge in [-0.1, -0.05) is 28.1 Å². The zero-order chi connectivity index (χ0) is 14.8. The molecule has 0 radical (unpaired) electrons. The monoisotopic (exact) mass is 338 g/mol. The van der Waals surface area contributed by atoms with Gasteiger partial charge < -0.3 is 0 Å². The Bertz CT molecular complexity index is 474. The number of rotatable bonds is 3. The smallest absolute Gasteiger partial charge is 0.176 e. The van der Waals surface area contributed by atoms with Gasteiger partial charge in [-0.05, 0) is 32.9 Å². The minimum atomic E-state index is 0.204. The predicted molar refractivity (Wildman–Crippen MR) is 86.2 cm³/mol. The molecule has 0 bridgehead atoms. The highest BCUT2D eigenvalue weighted by Crippen LogP contribution is 2.17. The summed E-state index contributed by atoms with van der Waals surface area (Å²) in [5.41, 5.74) is 1.01. The maximum absolute atomic E-state index is 12.3. The summed E-state index contributed by atoms with van der Waals surface area (Å²) in [6, 6.07) is 7.64. The zero-order valence-electron chi connectivity index (χ0n) is 12.5. The maximum atomic E-state index is 12.3. The van der Waals surface area contributed by atoms with Crippen molar-refractivity contribution in [2.45, 2.75) is 26.3 Å². The van der Waals surface area contributed by atoms with Gasteiger partial charge in [0.2, 0.25) is 0 Å². The zero-order valence-corrected chi connectivity index (χ0v) is 14.1. The van der Waals surface area contributed by atoms with Crippen molar-refractivity contribution < 1.29 is 4.79 Å². The van der Waals surface area contributed by atoms with Crippen molar-refractivity contribution in [2.75, 3.05) is 32.7 Å². The molecule has 1 aliphatic rings. The van der Waals surface area contributed by atoms with Crippen molar-refractivity contribution in [1.29, 1.82) is 0 Å². The third-order valence-corrected chi connectivity index (χ3v) is 4.33. The molecule has 1 aliphatic heterocycles. The Balaban J connectivity index is 1.88. The number of Topliss-reactive ketones (excluding diaryl/α,β-unsaturated/α-hetero) is 1. The molecule has 1 fully saturated rings. The van der Waals surface area contributed by atoms with Crippen molar-refractivity contribution in [3.05, 3.63) is 34.3 Å². The van der Waals surface area contributed by atoms with Gasteiger partial charge in [-0.25, -0.2) is 0 Å². The minimum absolute atomic E-state index is 0.204. The van der Waals surface area contributed by atoms with Crippen LogP contribution >= 0.6 is 15.9 Å². The Labute approximate surface area is 130 Å². The fourth-order valence-electron chi connectivity index (χ4n) is 2.53. The van der Waals surface area contributed by atoms with Gasteiger partial charge in [0.1, 0.15) is 0 Å². The van der Waals surface area contributed by atoms with E-state index >= 15 is 0 Å². The van der Waals surface area contributed by atoms with E-state index in [9.17, 15) is 4.79 Å². The van der Waals surface area contributed by atoms with Crippen LogP contribution in [-0.2, 0) is 0 Å². The SMILES string of the molecule is CC(C)(C)N1CCN(CC(=O)c2cccc(Br)c2)CC1. The van der Waals surface area contributed by atoms with Gasteiger partial charge >= 0.3 is 0 Å². The molecule has 0 aromatic heterocycles. The van der Waals surface area contributed by atoms with Crippen molar-refractivity contribution in [3.8, 4) is 0 Å². The highest BCUT2D eigenvalue weighted by atomic mass is 79.9. The second-order valence-corrected chi connectivity index (χ2v) is 7.28. The topological polar surface area (TPSA) is 23.6 Å². The Morgan fingerprint density at radius 2 is 1.85 bits per heavy atom. The molecule has 1 saturated heterocycles. The Kier molecular flexibility index (Phi) is 4.99. The number of carbonyl (C=O) groups excluding carboxylic acids is 1. The highest BCUT2D eigenvalue weighted by Gasteiger charge is 2.26. The molecular weight excluding hydrogens is 316 g/mol. The molecule has 110 valence electrons. The first kappa shape index (κ1) is 15.7. The second kappa shape index (κ2) is 6.37. The molecule has 0 spiro atoms. The average Bonchev–Trinajstić information content (AvgIpc) is 2.38. The second-order valence-electron chi connectivity index (χ2n) is 6.37. The average molecular weight is 339 g/mol. The molecule has 0 aliphatic carbocycles. The van der Waals surface area contributed by atoms with Gasteiger partial charge in [0.05, 0.1) is 6.54 Å². The summed E-state index contributed by atoms with van der Waals surface area (Å²) in [5, 5.41) is 0. The van der Waals surface area contributed by atoms with Crippen molar-refractivity contribution in [3.63, 3.8) is 0 Å².